The number of nitrogens with zero attached hydrogens (tertiary/aromatic N) is 4. The molecule has 0 unspecified atom stereocenters. The van der Waals surface area contributed by atoms with Crippen molar-refractivity contribution in [2.75, 3.05) is 13.2 Å². The summed E-state index contributed by atoms with van der Waals surface area (Å²) in [6.07, 6.45) is 14.1. The van der Waals surface area contributed by atoms with Crippen molar-refractivity contribution in [2.24, 2.45) is 0 Å². The fourth-order valence-electron chi connectivity index (χ4n) is 3.64. The molecule has 9 nitrogen and oxygen atoms in total. The highest BCUT2D eigenvalue weighted by Crippen LogP contribution is 2.09. The number of ether oxygens (including phenoxy) is 1. The lowest BCUT2D eigenvalue weighted by Crippen LogP contribution is -2.17. The van der Waals surface area contributed by atoms with Gasteiger partial charge in [0.2, 0.25) is 0 Å². The third-order valence-electron chi connectivity index (χ3n) is 5.32. The van der Waals surface area contributed by atoms with E-state index in [-0.39, 0.29) is 18.5 Å². The van der Waals surface area contributed by atoms with Gasteiger partial charge in [0.1, 0.15) is 18.2 Å². The highest BCUT2D eigenvalue weighted by molar-refractivity contribution is 5.69. The Morgan fingerprint density at radius 1 is 0.857 bits per heavy atom. The topological polar surface area (TPSA) is 108 Å². The molecule has 2 heterocycles. The quantitative estimate of drug-likeness (QED) is 0.294. The van der Waals surface area contributed by atoms with Crippen LogP contribution in [0.2, 0.25) is 0 Å². The second-order valence-electron chi connectivity index (χ2n) is 8.61. The smallest absolute Gasteiger partial charge is 0.329 e. The molecule has 0 fully saturated rings. The van der Waals surface area contributed by atoms with E-state index in [4.69, 9.17) is 14.7 Å². The van der Waals surface area contributed by atoms with Crippen LogP contribution in [0, 0.1) is 13.8 Å². The molecule has 0 radical (unpaired) electrons. The minimum Gasteiger partial charge on any atom is -0.464 e. The zero-order valence-electron chi connectivity index (χ0n) is 22.2. The lowest BCUT2D eigenvalue weighted by atomic mass is 10.1. The van der Waals surface area contributed by atoms with Gasteiger partial charge in [0.15, 0.2) is 0 Å². The first-order valence-electron chi connectivity index (χ1n) is 12.8. The van der Waals surface area contributed by atoms with Crippen molar-refractivity contribution < 1.29 is 24.3 Å². The number of rotatable bonds is 15. The van der Waals surface area contributed by atoms with Crippen LogP contribution >= 0.6 is 0 Å². The summed E-state index contributed by atoms with van der Waals surface area (Å²) < 4.78 is 8.59. The molecule has 0 atom stereocenters. The number of unbranched alkanes of at least 4 members (excludes halogenated alkanes) is 7. The Kier molecular flexibility index (Phi) is 15.4. The Morgan fingerprint density at radius 3 is 1.97 bits per heavy atom. The summed E-state index contributed by atoms with van der Waals surface area (Å²) in [6.45, 7) is 10.2. The Hall–Kier alpha value is -2.68. The van der Waals surface area contributed by atoms with E-state index in [0.717, 1.165) is 61.6 Å². The van der Waals surface area contributed by atoms with Crippen LogP contribution < -0.4 is 4.84 Å². The van der Waals surface area contributed by atoms with E-state index >= 15 is 0 Å². The summed E-state index contributed by atoms with van der Waals surface area (Å²) >= 11 is 0. The highest BCUT2D eigenvalue weighted by atomic mass is 16.7. The average molecular weight is 493 g/mol. The molecular weight excluding hydrogens is 448 g/mol. The van der Waals surface area contributed by atoms with Crippen molar-refractivity contribution in [3.8, 4) is 0 Å². The number of imidazole rings is 2. The number of aromatic nitrogens is 4. The maximum atomic E-state index is 11.8. The van der Waals surface area contributed by atoms with E-state index < -0.39 is 0 Å². The molecule has 0 bridgehead atoms. The van der Waals surface area contributed by atoms with Gasteiger partial charge >= 0.3 is 11.9 Å². The maximum absolute atomic E-state index is 11.8. The molecule has 2 rings (SSSR count). The van der Waals surface area contributed by atoms with E-state index in [9.17, 15) is 9.59 Å². The number of aryl methyl sites for hydroxylation is 4. The SMILES string of the molecule is CCc1nc(C)cn1CC(=O)OCCCCCCCCCCO.CCc1nc(C)cn1OC(C)=O. The molecule has 0 saturated carbocycles. The first-order chi connectivity index (χ1) is 16.8. The standard InChI is InChI=1S/C18H32N2O3.C8H12N2O2/c1-3-17-19-16(2)14-20(17)15-18(22)23-13-11-9-7-5-4-6-8-10-12-21;1-4-8-9-6(2)5-10(8)12-7(3)11/h14,21H,3-13,15H2,1-2H3;5H,4H2,1-3H3. The Morgan fingerprint density at radius 2 is 1.40 bits per heavy atom. The van der Waals surface area contributed by atoms with Gasteiger partial charge in [-0.2, -0.15) is 4.73 Å². The number of carbonyl (C=O) groups is 2. The maximum Gasteiger partial charge on any atom is 0.329 e. The van der Waals surface area contributed by atoms with E-state index in [2.05, 4.69) is 9.97 Å². The number of aliphatic hydroxyl groups is 1. The Bertz CT molecular complexity index is 875. The monoisotopic (exact) mass is 492 g/mol. The molecule has 2 aromatic heterocycles. The summed E-state index contributed by atoms with van der Waals surface area (Å²) in [4.78, 5) is 35.9. The summed E-state index contributed by atoms with van der Waals surface area (Å²) in [7, 11) is 0. The molecule has 1 N–H and O–H groups in total. The lowest BCUT2D eigenvalue weighted by molar-refractivity contribution is -0.144. The van der Waals surface area contributed by atoms with Crippen molar-refractivity contribution in [2.45, 2.75) is 105 Å². The van der Waals surface area contributed by atoms with Gasteiger partial charge in [-0.1, -0.05) is 52.4 Å². The van der Waals surface area contributed by atoms with Gasteiger partial charge in [0, 0.05) is 32.6 Å². The third-order valence-corrected chi connectivity index (χ3v) is 5.32. The van der Waals surface area contributed by atoms with E-state index in [1.165, 1.54) is 37.3 Å². The first-order valence-corrected chi connectivity index (χ1v) is 12.8. The van der Waals surface area contributed by atoms with Gasteiger partial charge in [0.05, 0.1) is 24.2 Å². The van der Waals surface area contributed by atoms with Gasteiger partial charge in [-0.25, -0.2) is 14.8 Å². The van der Waals surface area contributed by atoms with Crippen molar-refractivity contribution >= 4 is 11.9 Å². The van der Waals surface area contributed by atoms with Crippen LogP contribution in [0.1, 0.15) is 95.2 Å². The number of carbonyl (C=O) groups excluding carboxylic acids is 2. The van der Waals surface area contributed by atoms with Crippen molar-refractivity contribution in [1.29, 1.82) is 0 Å². The van der Waals surface area contributed by atoms with Crippen molar-refractivity contribution in [1.82, 2.24) is 19.3 Å². The third kappa shape index (κ3) is 13.1. The first kappa shape index (κ1) is 30.4. The second kappa shape index (κ2) is 17.7. The molecule has 0 aliphatic rings. The number of aliphatic hydroxyl groups excluding tert-OH is 1. The largest absolute Gasteiger partial charge is 0.464 e. The predicted molar refractivity (Wildman–Crippen MR) is 135 cm³/mol. The van der Waals surface area contributed by atoms with E-state index in [1.807, 2.05) is 38.5 Å². The molecule has 0 amide bonds. The fourth-order valence-corrected chi connectivity index (χ4v) is 3.64. The molecule has 0 spiro atoms. The number of hydrogen-bond donors (Lipinski definition) is 1. The van der Waals surface area contributed by atoms with Crippen LogP contribution in [0.25, 0.3) is 0 Å². The average Bonchev–Trinajstić information content (AvgIpc) is 3.35. The van der Waals surface area contributed by atoms with E-state index in [1.54, 1.807) is 6.20 Å². The fraction of sp³-hybridized carbons (Fsp3) is 0.692. The Balaban J connectivity index is 0.000000427. The van der Waals surface area contributed by atoms with E-state index in [0.29, 0.717) is 13.2 Å². The normalized spacial score (nSPS) is 10.6. The molecule has 0 aromatic carbocycles. The van der Waals surface area contributed by atoms with Gasteiger partial charge in [-0.15, -0.1) is 0 Å². The molecular formula is C26H44N4O5. The molecule has 9 heteroatoms. The summed E-state index contributed by atoms with van der Waals surface area (Å²) in [5.74, 6) is 1.19. The van der Waals surface area contributed by atoms with Crippen LogP contribution in [0.15, 0.2) is 12.4 Å². The highest BCUT2D eigenvalue weighted by Gasteiger charge is 2.09. The number of hydrogen-bond acceptors (Lipinski definition) is 7. The summed E-state index contributed by atoms with van der Waals surface area (Å²) in [6, 6.07) is 0. The molecule has 198 valence electrons. The van der Waals surface area contributed by atoms with Crippen molar-refractivity contribution in [3.63, 3.8) is 0 Å². The van der Waals surface area contributed by atoms with Gasteiger partial charge < -0.3 is 19.2 Å². The Labute approximate surface area is 209 Å². The van der Waals surface area contributed by atoms with Crippen LogP contribution in [0.3, 0.4) is 0 Å². The van der Waals surface area contributed by atoms with Crippen molar-refractivity contribution in [3.05, 3.63) is 35.4 Å². The molecule has 0 aliphatic carbocycles. The predicted octanol–water partition coefficient (Wildman–Crippen LogP) is 4.14. The van der Waals surface area contributed by atoms with Crippen LogP contribution in [0.4, 0.5) is 0 Å². The van der Waals surface area contributed by atoms with Gasteiger partial charge in [-0.3, -0.25) is 4.79 Å². The number of esters is 1. The molecule has 35 heavy (non-hydrogen) atoms. The molecule has 0 saturated heterocycles. The van der Waals surface area contributed by atoms with Crippen LogP contribution in [0.5, 0.6) is 0 Å². The summed E-state index contributed by atoms with van der Waals surface area (Å²) in [5.41, 5.74) is 1.79. The molecule has 0 aliphatic heterocycles. The lowest BCUT2D eigenvalue weighted by Gasteiger charge is -2.07. The van der Waals surface area contributed by atoms with Gasteiger partial charge in [-0.05, 0) is 26.7 Å². The minimum absolute atomic E-state index is 0.180. The second-order valence-corrected chi connectivity index (χ2v) is 8.61. The zero-order valence-corrected chi connectivity index (χ0v) is 22.2. The minimum atomic E-state index is -0.331. The molecule has 2 aromatic rings. The van der Waals surface area contributed by atoms with Crippen LogP contribution in [-0.2, 0) is 33.7 Å². The van der Waals surface area contributed by atoms with Crippen LogP contribution in [-0.4, -0.2) is 49.5 Å². The zero-order chi connectivity index (χ0) is 26.1. The summed E-state index contributed by atoms with van der Waals surface area (Å²) in [5, 5.41) is 8.69. The van der Waals surface area contributed by atoms with Gasteiger partial charge in [0.25, 0.3) is 0 Å².